The van der Waals surface area contributed by atoms with E-state index in [0.29, 0.717) is 18.9 Å². The van der Waals surface area contributed by atoms with Crippen LogP contribution in [0.1, 0.15) is 52.4 Å². The molecule has 5 heteroatoms. The molecule has 1 aliphatic rings. The second kappa shape index (κ2) is 6.87. The van der Waals surface area contributed by atoms with Crippen LogP contribution in [0.15, 0.2) is 0 Å². The fourth-order valence-electron chi connectivity index (χ4n) is 2.42. The average molecular weight is 277 g/mol. The first kappa shape index (κ1) is 15.9. The molecule has 0 spiro atoms. The number of sulfonamides is 1. The van der Waals surface area contributed by atoms with E-state index in [4.69, 9.17) is 5.11 Å². The first-order chi connectivity index (χ1) is 8.35. The van der Waals surface area contributed by atoms with Crippen molar-refractivity contribution in [2.24, 2.45) is 11.3 Å². The summed E-state index contributed by atoms with van der Waals surface area (Å²) < 4.78 is 26.6. The summed E-state index contributed by atoms with van der Waals surface area (Å²) in [4.78, 5) is 0. The van der Waals surface area contributed by atoms with E-state index in [0.717, 1.165) is 25.7 Å². The van der Waals surface area contributed by atoms with Gasteiger partial charge in [-0.25, -0.2) is 13.1 Å². The summed E-state index contributed by atoms with van der Waals surface area (Å²) >= 11 is 0. The Morgan fingerprint density at radius 3 is 2.39 bits per heavy atom. The molecule has 0 bridgehead atoms. The third-order valence-electron chi connectivity index (χ3n) is 3.74. The molecule has 0 radical (unpaired) electrons. The average Bonchev–Trinajstić information content (AvgIpc) is 2.28. The Bertz CT molecular complexity index is 332. The highest BCUT2D eigenvalue weighted by Gasteiger charge is 2.24. The van der Waals surface area contributed by atoms with Gasteiger partial charge in [-0.2, -0.15) is 0 Å². The Kier molecular flexibility index (Phi) is 6.08. The molecule has 1 fully saturated rings. The van der Waals surface area contributed by atoms with E-state index in [9.17, 15) is 8.42 Å². The topological polar surface area (TPSA) is 66.4 Å². The van der Waals surface area contributed by atoms with Crippen LogP contribution in [0, 0.1) is 11.3 Å². The quantitative estimate of drug-likeness (QED) is 0.747. The monoisotopic (exact) mass is 277 g/mol. The second-order valence-electron chi connectivity index (χ2n) is 6.24. The predicted octanol–water partition coefficient (Wildman–Crippen LogP) is 1.89. The maximum atomic E-state index is 12.0. The van der Waals surface area contributed by atoms with Gasteiger partial charge in [-0.05, 0) is 30.6 Å². The van der Waals surface area contributed by atoms with Gasteiger partial charge in [-0.3, -0.25) is 0 Å². The lowest BCUT2D eigenvalue weighted by Crippen LogP contribution is -2.37. The van der Waals surface area contributed by atoms with Crippen LogP contribution in [0.4, 0.5) is 0 Å². The van der Waals surface area contributed by atoms with Crippen LogP contribution < -0.4 is 4.72 Å². The smallest absolute Gasteiger partial charge is 0.211 e. The molecule has 0 saturated heterocycles. The van der Waals surface area contributed by atoms with E-state index in [1.807, 2.05) is 13.8 Å². The molecule has 2 N–H and O–H groups in total. The number of rotatable bonds is 7. The second-order valence-corrected chi connectivity index (χ2v) is 8.10. The standard InChI is InChI=1S/C13H27NO3S/c1-13(2,8-9-15)11-14-18(16,17)10-12-6-4-3-5-7-12/h12,14-15H,3-11H2,1-2H3. The van der Waals surface area contributed by atoms with Crippen LogP contribution >= 0.6 is 0 Å². The Morgan fingerprint density at radius 1 is 1.22 bits per heavy atom. The maximum absolute atomic E-state index is 12.0. The number of aliphatic hydroxyl groups excluding tert-OH is 1. The predicted molar refractivity (Wildman–Crippen MR) is 73.8 cm³/mol. The Labute approximate surface area is 111 Å². The van der Waals surface area contributed by atoms with Gasteiger partial charge in [0.25, 0.3) is 0 Å². The van der Waals surface area contributed by atoms with Crippen molar-refractivity contribution in [3.05, 3.63) is 0 Å². The Morgan fingerprint density at radius 2 is 1.83 bits per heavy atom. The van der Waals surface area contributed by atoms with E-state index in [1.165, 1.54) is 6.42 Å². The summed E-state index contributed by atoms with van der Waals surface area (Å²) in [5.74, 6) is 0.597. The lowest BCUT2D eigenvalue weighted by molar-refractivity contribution is 0.213. The number of hydrogen-bond donors (Lipinski definition) is 2. The Hall–Kier alpha value is -0.130. The molecule has 18 heavy (non-hydrogen) atoms. The molecular formula is C13H27NO3S. The van der Waals surface area contributed by atoms with Crippen LogP contribution in [0.2, 0.25) is 0 Å². The van der Waals surface area contributed by atoms with Gasteiger partial charge in [-0.1, -0.05) is 33.1 Å². The van der Waals surface area contributed by atoms with Gasteiger partial charge in [0.1, 0.15) is 0 Å². The van der Waals surface area contributed by atoms with E-state index in [1.54, 1.807) is 0 Å². The molecule has 108 valence electrons. The highest BCUT2D eigenvalue weighted by atomic mass is 32.2. The number of hydrogen-bond acceptors (Lipinski definition) is 3. The molecule has 0 atom stereocenters. The van der Waals surface area contributed by atoms with E-state index in [-0.39, 0.29) is 17.8 Å². The van der Waals surface area contributed by atoms with Crippen molar-refractivity contribution in [3.63, 3.8) is 0 Å². The van der Waals surface area contributed by atoms with Gasteiger partial charge in [0.15, 0.2) is 0 Å². The minimum atomic E-state index is -3.16. The summed E-state index contributed by atoms with van der Waals surface area (Å²) in [5, 5.41) is 8.92. The third kappa shape index (κ3) is 6.16. The van der Waals surface area contributed by atoms with Gasteiger partial charge < -0.3 is 5.11 Å². The minimum absolute atomic E-state index is 0.0946. The highest BCUT2D eigenvalue weighted by Crippen LogP contribution is 2.25. The van der Waals surface area contributed by atoms with Crippen LogP contribution in [0.25, 0.3) is 0 Å². The molecule has 0 aromatic heterocycles. The van der Waals surface area contributed by atoms with E-state index < -0.39 is 10.0 Å². The SMILES string of the molecule is CC(C)(CCO)CNS(=O)(=O)CC1CCCCC1. The van der Waals surface area contributed by atoms with Gasteiger partial charge in [-0.15, -0.1) is 0 Å². The van der Waals surface area contributed by atoms with Crippen molar-refractivity contribution in [1.29, 1.82) is 0 Å². The van der Waals surface area contributed by atoms with Gasteiger partial charge in [0, 0.05) is 13.2 Å². The minimum Gasteiger partial charge on any atom is -0.396 e. The number of aliphatic hydroxyl groups is 1. The van der Waals surface area contributed by atoms with Crippen LogP contribution in [0.5, 0.6) is 0 Å². The van der Waals surface area contributed by atoms with Gasteiger partial charge in [0.2, 0.25) is 10.0 Å². The molecule has 1 saturated carbocycles. The highest BCUT2D eigenvalue weighted by molar-refractivity contribution is 7.89. The normalized spacial score (nSPS) is 19.1. The van der Waals surface area contributed by atoms with Crippen molar-refractivity contribution in [1.82, 2.24) is 4.72 Å². The van der Waals surface area contributed by atoms with Crippen molar-refractivity contribution in [2.45, 2.75) is 52.4 Å². The summed E-state index contributed by atoms with van der Waals surface area (Å²) in [5.41, 5.74) is -0.186. The molecule has 0 aliphatic heterocycles. The lowest BCUT2D eigenvalue weighted by Gasteiger charge is -2.25. The zero-order chi connectivity index (χ0) is 13.6. The third-order valence-corrected chi connectivity index (χ3v) is 5.23. The molecule has 1 rings (SSSR count). The molecule has 0 unspecified atom stereocenters. The van der Waals surface area contributed by atoms with E-state index in [2.05, 4.69) is 4.72 Å². The summed E-state index contributed by atoms with van der Waals surface area (Å²) in [6.45, 7) is 4.43. The fourth-order valence-corrected chi connectivity index (χ4v) is 4.10. The molecule has 0 amide bonds. The largest absolute Gasteiger partial charge is 0.396 e. The summed E-state index contributed by atoms with van der Waals surface area (Å²) in [7, 11) is -3.16. The van der Waals surface area contributed by atoms with Crippen molar-refractivity contribution < 1.29 is 13.5 Å². The molecular weight excluding hydrogens is 250 g/mol. The maximum Gasteiger partial charge on any atom is 0.211 e. The molecule has 0 aromatic rings. The number of nitrogens with one attached hydrogen (secondary N) is 1. The van der Waals surface area contributed by atoms with Crippen molar-refractivity contribution in [2.75, 3.05) is 18.9 Å². The molecule has 0 heterocycles. The zero-order valence-corrected chi connectivity index (χ0v) is 12.4. The van der Waals surface area contributed by atoms with Crippen molar-refractivity contribution in [3.8, 4) is 0 Å². The van der Waals surface area contributed by atoms with Gasteiger partial charge in [0.05, 0.1) is 5.75 Å². The summed E-state index contributed by atoms with van der Waals surface area (Å²) in [6.07, 6.45) is 6.26. The first-order valence-corrected chi connectivity index (χ1v) is 8.58. The van der Waals surface area contributed by atoms with E-state index >= 15 is 0 Å². The molecule has 1 aliphatic carbocycles. The summed E-state index contributed by atoms with van der Waals surface area (Å²) in [6, 6.07) is 0. The zero-order valence-electron chi connectivity index (χ0n) is 11.6. The fraction of sp³-hybridized carbons (Fsp3) is 1.00. The van der Waals surface area contributed by atoms with Crippen LogP contribution in [-0.4, -0.2) is 32.4 Å². The van der Waals surface area contributed by atoms with Gasteiger partial charge >= 0.3 is 0 Å². The molecule has 4 nitrogen and oxygen atoms in total. The molecule has 0 aromatic carbocycles. The van der Waals surface area contributed by atoms with Crippen LogP contribution in [0.3, 0.4) is 0 Å². The van der Waals surface area contributed by atoms with Crippen LogP contribution in [-0.2, 0) is 10.0 Å². The Balaban J connectivity index is 2.39. The first-order valence-electron chi connectivity index (χ1n) is 6.93. The van der Waals surface area contributed by atoms with Crippen molar-refractivity contribution >= 4 is 10.0 Å². The lowest BCUT2D eigenvalue weighted by atomic mass is 9.90.